The lowest BCUT2D eigenvalue weighted by Gasteiger charge is -2.18. The third-order valence-electron chi connectivity index (χ3n) is 3.64. The standard InChI is InChI=1S/C18H25NOS/c1-3-13-19-16(18-17(20-2)12-14-21-18)11-7-10-15-8-5-4-6-9-15/h4-6,8-9,12,14,16,19H,3,7,10-11,13H2,1-2H3. The van der Waals surface area contributed by atoms with E-state index in [1.807, 2.05) is 0 Å². The number of aryl methyl sites for hydroxylation is 1. The summed E-state index contributed by atoms with van der Waals surface area (Å²) in [4.78, 5) is 1.33. The molecule has 114 valence electrons. The minimum absolute atomic E-state index is 0.406. The van der Waals surface area contributed by atoms with Crippen molar-refractivity contribution in [1.29, 1.82) is 0 Å². The number of methoxy groups -OCH3 is 1. The summed E-state index contributed by atoms with van der Waals surface area (Å²) in [5, 5.41) is 5.78. The van der Waals surface area contributed by atoms with Crippen LogP contribution in [0.1, 0.15) is 42.7 Å². The Morgan fingerprint density at radius 3 is 2.71 bits per heavy atom. The fraction of sp³-hybridized carbons (Fsp3) is 0.444. The topological polar surface area (TPSA) is 21.3 Å². The van der Waals surface area contributed by atoms with Crippen LogP contribution in [0.3, 0.4) is 0 Å². The molecule has 21 heavy (non-hydrogen) atoms. The molecule has 1 aromatic carbocycles. The van der Waals surface area contributed by atoms with Gasteiger partial charge in [-0.05, 0) is 49.2 Å². The van der Waals surface area contributed by atoms with Crippen LogP contribution in [0.5, 0.6) is 5.75 Å². The summed E-state index contributed by atoms with van der Waals surface area (Å²) in [5.74, 6) is 1.02. The Morgan fingerprint density at radius 2 is 2.00 bits per heavy atom. The Kier molecular flexibility index (Phi) is 6.77. The molecule has 2 rings (SSSR count). The maximum atomic E-state index is 5.48. The van der Waals surface area contributed by atoms with Gasteiger partial charge in [-0.25, -0.2) is 0 Å². The molecule has 1 unspecified atom stereocenters. The first-order chi connectivity index (χ1) is 10.3. The van der Waals surface area contributed by atoms with Crippen LogP contribution in [0.2, 0.25) is 0 Å². The molecule has 0 amide bonds. The SMILES string of the molecule is CCCNC(CCCc1ccccc1)c1sccc1OC. The predicted molar refractivity (Wildman–Crippen MR) is 91.3 cm³/mol. The summed E-state index contributed by atoms with van der Waals surface area (Å²) in [5.41, 5.74) is 1.42. The van der Waals surface area contributed by atoms with Gasteiger partial charge < -0.3 is 10.1 Å². The average molecular weight is 303 g/mol. The number of hydrogen-bond donors (Lipinski definition) is 1. The Hall–Kier alpha value is -1.32. The van der Waals surface area contributed by atoms with E-state index in [0.717, 1.165) is 31.6 Å². The summed E-state index contributed by atoms with van der Waals surface area (Å²) in [6.45, 7) is 3.26. The molecule has 1 atom stereocenters. The number of benzene rings is 1. The number of ether oxygens (including phenoxy) is 1. The molecule has 0 saturated carbocycles. The maximum Gasteiger partial charge on any atom is 0.134 e. The van der Waals surface area contributed by atoms with Crippen LogP contribution in [0, 0.1) is 0 Å². The third kappa shape index (κ3) is 4.87. The van der Waals surface area contributed by atoms with E-state index in [1.165, 1.54) is 16.9 Å². The molecule has 0 saturated heterocycles. The highest BCUT2D eigenvalue weighted by atomic mass is 32.1. The molecule has 0 aliphatic rings. The van der Waals surface area contributed by atoms with E-state index in [4.69, 9.17) is 4.74 Å². The average Bonchev–Trinajstić information content (AvgIpc) is 3.00. The van der Waals surface area contributed by atoms with Crippen LogP contribution in [0.4, 0.5) is 0 Å². The zero-order chi connectivity index (χ0) is 14.9. The Bertz CT molecular complexity index is 509. The maximum absolute atomic E-state index is 5.48. The van der Waals surface area contributed by atoms with Crippen LogP contribution < -0.4 is 10.1 Å². The molecule has 0 aliphatic heterocycles. The quantitative estimate of drug-likeness (QED) is 0.717. The first kappa shape index (κ1) is 16.1. The summed E-state index contributed by atoms with van der Waals surface area (Å²) < 4.78 is 5.48. The Balaban J connectivity index is 1.93. The van der Waals surface area contributed by atoms with Gasteiger partial charge >= 0.3 is 0 Å². The van der Waals surface area contributed by atoms with E-state index in [9.17, 15) is 0 Å². The van der Waals surface area contributed by atoms with Crippen LogP contribution in [-0.2, 0) is 6.42 Å². The first-order valence-electron chi connectivity index (χ1n) is 7.73. The molecule has 0 aliphatic carbocycles. The van der Waals surface area contributed by atoms with Crippen LogP contribution in [0.25, 0.3) is 0 Å². The van der Waals surface area contributed by atoms with Crippen molar-refractivity contribution >= 4 is 11.3 Å². The third-order valence-corrected chi connectivity index (χ3v) is 4.65. The van der Waals surface area contributed by atoms with E-state index in [1.54, 1.807) is 18.4 Å². The van der Waals surface area contributed by atoms with Gasteiger partial charge in [0.05, 0.1) is 12.0 Å². The van der Waals surface area contributed by atoms with Crippen molar-refractivity contribution in [1.82, 2.24) is 5.32 Å². The van der Waals surface area contributed by atoms with Crippen molar-refractivity contribution in [2.75, 3.05) is 13.7 Å². The van der Waals surface area contributed by atoms with E-state index < -0.39 is 0 Å². The fourth-order valence-corrected chi connectivity index (χ4v) is 3.50. The van der Waals surface area contributed by atoms with E-state index in [2.05, 4.69) is 54.0 Å². The van der Waals surface area contributed by atoms with Crippen LogP contribution in [-0.4, -0.2) is 13.7 Å². The van der Waals surface area contributed by atoms with Gasteiger partial charge in [-0.15, -0.1) is 11.3 Å². The molecule has 1 aromatic heterocycles. The lowest BCUT2D eigenvalue weighted by Crippen LogP contribution is -2.22. The van der Waals surface area contributed by atoms with Crippen LogP contribution in [0.15, 0.2) is 41.8 Å². The molecule has 2 nitrogen and oxygen atoms in total. The van der Waals surface area contributed by atoms with Crippen molar-refractivity contribution in [2.45, 2.75) is 38.6 Å². The molecule has 0 radical (unpaired) electrons. The Morgan fingerprint density at radius 1 is 1.19 bits per heavy atom. The van der Waals surface area contributed by atoms with Crippen molar-refractivity contribution in [3.63, 3.8) is 0 Å². The second-order valence-corrected chi connectivity index (χ2v) is 6.19. The number of rotatable bonds is 9. The minimum Gasteiger partial charge on any atom is -0.496 e. The molecule has 0 fully saturated rings. The van der Waals surface area contributed by atoms with Crippen molar-refractivity contribution in [3.8, 4) is 5.75 Å². The number of hydrogen-bond acceptors (Lipinski definition) is 3. The van der Waals surface area contributed by atoms with Gasteiger partial charge in [0, 0.05) is 6.04 Å². The lowest BCUT2D eigenvalue weighted by atomic mass is 10.0. The lowest BCUT2D eigenvalue weighted by molar-refractivity contribution is 0.398. The van der Waals surface area contributed by atoms with Gasteiger partial charge in [0.25, 0.3) is 0 Å². The largest absolute Gasteiger partial charge is 0.496 e. The number of thiophene rings is 1. The molecule has 0 spiro atoms. The molecule has 1 heterocycles. The summed E-state index contributed by atoms with van der Waals surface area (Å²) in [7, 11) is 1.76. The van der Waals surface area contributed by atoms with Gasteiger partial charge in [-0.1, -0.05) is 37.3 Å². The van der Waals surface area contributed by atoms with E-state index in [-0.39, 0.29) is 0 Å². The molecule has 0 bridgehead atoms. The van der Waals surface area contributed by atoms with Gasteiger partial charge in [0.15, 0.2) is 0 Å². The molecular weight excluding hydrogens is 278 g/mol. The van der Waals surface area contributed by atoms with Gasteiger partial charge in [0.1, 0.15) is 5.75 Å². The van der Waals surface area contributed by atoms with Gasteiger partial charge in [0.2, 0.25) is 0 Å². The zero-order valence-corrected chi connectivity index (χ0v) is 13.8. The summed E-state index contributed by atoms with van der Waals surface area (Å²) in [6.07, 6.45) is 4.62. The normalized spacial score (nSPS) is 12.3. The van der Waals surface area contributed by atoms with E-state index in [0.29, 0.717) is 6.04 Å². The van der Waals surface area contributed by atoms with Crippen molar-refractivity contribution in [3.05, 3.63) is 52.2 Å². The summed E-state index contributed by atoms with van der Waals surface area (Å²) in [6, 6.07) is 13.2. The second-order valence-electron chi connectivity index (χ2n) is 5.24. The highest BCUT2D eigenvalue weighted by Crippen LogP contribution is 2.33. The Labute approximate surface area is 132 Å². The highest BCUT2D eigenvalue weighted by Gasteiger charge is 2.16. The van der Waals surface area contributed by atoms with Gasteiger partial charge in [-0.2, -0.15) is 0 Å². The molecule has 2 aromatic rings. The second kappa shape index (κ2) is 8.85. The van der Waals surface area contributed by atoms with Crippen molar-refractivity contribution in [2.24, 2.45) is 0 Å². The number of nitrogens with one attached hydrogen (secondary N) is 1. The fourth-order valence-electron chi connectivity index (χ4n) is 2.53. The predicted octanol–water partition coefficient (Wildman–Crippen LogP) is 4.82. The summed E-state index contributed by atoms with van der Waals surface area (Å²) >= 11 is 1.79. The minimum atomic E-state index is 0.406. The highest BCUT2D eigenvalue weighted by molar-refractivity contribution is 7.10. The molecule has 3 heteroatoms. The molecule has 1 N–H and O–H groups in total. The van der Waals surface area contributed by atoms with Gasteiger partial charge in [-0.3, -0.25) is 0 Å². The van der Waals surface area contributed by atoms with Crippen LogP contribution >= 0.6 is 11.3 Å². The molecular formula is C18H25NOS. The zero-order valence-electron chi connectivity index (χ0n) is 13.0. The van der Waals surface area contributed by atoms with E-state index >= 15 is 0 Å². The monoisotopic (exact) mass is 303 g/mol. The smallest absolute Gasteiger partial charge is 0.134 e. The first-order valence-corrected chi connectivity index (χ1v) is 8.61. The van der Waals surface area contributed by atoms with Crippen molar-refractivity contribution < 1.29 is 4.74 Å².